The van der Waals surface area contributed by atoms with E-state index in [1.54, 1.807) is 20.8 Å². The highest BCUT2D eigenvalue weighted by Crippen LogP contribution is 2.34. The number of aromatic carboxylic acids is 1. The van der Waals surface area contributed by atoms with Crippen molar-refractivity contribution in [2.24, 2.45) is 0 Å². The fourth-order valence-corrected chi connectivity index (χ4v) is 1.62. The van der Waals surface area contributed by atoms with E-state index in [0.717, 1.165) is 0 Å². The summed E-state index contributed by atoms with van der Waals surface area (Å²) >= 11 is 0. The van der Waals surface area contributed by atoms with Crippen molar-refractivity contribution in [1.82, 2.24) is 0 Å². The monoisotopic (exact) mass is 297 g/mol. The van der Waals surface area contributed by atoms with Crippen molar-refractivity contribution >= 4 is 17.7 Å². The topological polar surface area (TPSA) is 94.1 Å². The maximum Gasteiger partial charge on any atom is 0.412 e. The van der Waals surface area contributed by atoms with Crippen molar-refractivity contribution in [3.8, 4) is 11.5 Å². The second-order valence-corrected chi connectivity index (χ2v) is 5.19. The molecule has 0 saturated carbocycles. The largest absolute Gasteiger partial charge is 0.493 e. The number of anilines is 1. The summed E-state index contributed by atoms with van der Waals surface area (Å²) in [6.07, 6.45) is -0.689. The smallest absolute Gasteiger partial charge is 0.412 e. The second-order valence-electron chi connectivity index (χ2n) is 5.19. The predicted octanol–water partition coefficient (Wildman–Crippen LogP) is 2.75. The van der Waals surface area contributed by atoms with Crippen LogP contribution in [0.1, 0.15) is 31.1 Å². The van der Waals surface area contributed by atoms with E-state index in [-0.39, 0.29) is 22.7 Å². The summed E-state index contributed by atoms with van der Waals surface area (Å²) in [6.45, 7) is 5.18. The fourth-order valence-electron chi connectivity index (χ4n) is 1.62. The van der Waals surface area contributed by atoms with Gasteiger partial charge >= 0.3 is 12.1 Å². The lowest BCUT2D eigenvalue weighted by atomic mass is 10.1. The van der Waals surface area contributed by atoms with Gasteiger partial charge in [0.05, 0.1) is 14.2 Å². The van der Waals surface area contributed by atoms with E-state index in [9.17, 15) is 14.7 Å². The number of amides is 1. The molecule has 21 heavy (non-hydrogen) atoms. The minimum atomic E-state index is -1.20. The minimum Gasteiger partial charge on any atom is -0.493 e. The standard InChI is InChI=1S/C14H19NO6/c1-14(2,3)21-13(18)15-8-6-9(12(16)17)11(20-5)10(7-8)19-4/h6-7H,1-5H3,(H,15,18)(H,16,17). The van der Waals surface area contributed by atoms with Crippen LogP contribution in [0.5, 0.6) is 11.5 Å². The van der Waals surface area contributed by atoms with E-state index < -0.39 is 17.7 Å². The highest BCUT2D eigenvalue weighted by atomic mass is 16.6. The number of carboxylic acids is 1. The Balaban J connectivity index is 3.12. The van der Waals surface area contributed by atoms with E-state index in [4.69, 9.17) is 14.2 Å². The Morgan fingerprint density at radius 1 is 1.14 bits per heavy atom. The maximum absolute atomic E-state index is 11.7. The number of methoxy groups -OCH3 is 2. The number of benzene rings is 1. The molecule has 1 rings (SSSR count). The maximum atomic E-state index is 11.7. The molecule has 0 atom stereocenters. The van der Waals surface area contributed by atoms with Gasteiger partial charge in [-0.3, -0.25) is 5.32 Å². The minimum absolute atomic E-state index is 0.0831. The summed E-state index contributed by atoms with van der Waals surface area (Å²) in [4.78, 5) is 22.9. The lowest BCUT2D eigenvalue weighted by Gasteiger charge is -2.20. The van der Waals surface area contributed by atoms with Gasteiger partial charge in [0.2, 0.25) is 0 Å². The quantitative estimate of drug-likeness (QED) is 0.887. The number of carbonyl (C=O) groups is 2. The van der Waals surface area contributed by atoms with Crippen LogP contribution in [-0.4, -0.2) is 37.0 Å². The van der Waals surface area contributed by atoms with Crippen LogP contribution in [0.4, 0.5) is 10.5 Å². The molecule has 7 heteroatoms. The van der Waals surface area contributed by atoms with Crippen molar-refractivity contribution in [1.29, 1.82) is 0 Å². The summed E-state index contributed by atoms with van der Waals surface area (Å²) in [7, 11) is 2.71. The Morgan fingerprint density at radius 3 is 2.19 bits per heavy atom. The third-order valence-corrected chi connectivity index (χ3v) is 2.35. The van der Waals surface area contributed by atoms with Gasteiger partial charge in [0, 0.05) is 11.8 Å². The van der Waals surface area contributed by atoms with Crippen LogP contribution in [0.3, 0.4) is 0 Å². The number of ether oxygens (including phenoxy) is 3. The van der Waals surface area contributed by atoms with Crippen molar-refractivity contribution in [2.45, 2.75) is 26.4 Å². The summed E-state index contributed by atoms with van der Waals surface area (Å²) in [5.74, 6) is -0.916. The molecule has 2 N–H and O–H groups in total. The number of carboxylic acid groups (broad SMARTS) is 1. The second kappa shape index (κ2) is 6.34. The highest BCUT2D eigenvalue weighted by molar-refractivity contribution is 5.95. The average Bonchev–Trinajstić information content (AvgIpc) is 2.34. The van der Waals surface area contributed by atoms with Gasteiger partial charge in [-0.15, -0.1) is 0 Å². The summed E-state index contributed by atoms with van der Waals surface area (Å²) < 4.78 is 15.2. The first kappa shape index (κ1) is 16.6. The third kappa shape index (κ3) is 4.55. The first-order chi connectivity index (χ1) is 9.67. The number of carbonyl (C=O) groups excluding carboxylic acids is 1. The molecule has 1 aromatic carbocycles. The molecule has 0 heterocycles. The molecule has 0 aliphatic rings. The van der Waals surface area contributed by atoms with E-state index >= 15 is 0 Å². The third-order valence-electron chi connectivity index (χ3n) is 2.35. The average molecular weight is 297 g/mol. The van der Waals surface area contributed by atoms with Gasteiger partial charge in [0.25, 0.3) is 0 Å². The zero-order valence-corrected chi connectivity index (χ0v) is 12.6. The first-order valence-corrected chi connectivity index (χ1v) is 6.17. The lowest BCUT2D eigenvalue weighted by Crippen LogP contribution is -2.27. The van der Waals surface area contributed by atoms with E-state index in [1.807, 2.05) is 0 Å². The number of hydrogen-bond donors (Lipinski definition) is 2. The molecule has 0 aromatic heterocycles. The van der Waals surface area contributed by atoms with Crippen LogP contribution in [-0.2, 0) is 4.74 Å². The molecule has 1 amide bonds. The molecular weight excluding hydrogens is 278 g/mol. The first-order valence-electron chi connectivity index (χ1n) is 6.17. The molecule has 0 unspecified atom stereocenters. The van der Waals surface area contributed by atoms with E-state index in [1.165, 1.54) is 26.4 Å². The molecule has 0 aliphatic heterocycles. The van der Waals surface area contributed by atoms with Crippen LogP contribution in [0.25, 0.3) is 0 Å². The van der Waals surface area contributed by atoms with Crippen molar-refractivity contribution in [2.75, 3.05) is 19.5 Å². The fraction of sp³-hybridized carbons (Fsp3) is 0.429. The van der Waals surface area contributed by atoms with Crippen LogP contribution < -0.4 is 14.8 Å². The Morgan fingerprint density at radius 2 is 1.76 bits per heavy atom. The Kier molecular flexibility index (Phi) is 5.02. The van der Waals surface area contributed by atoms with Gasteiger partial charge in [-0.05, 0) is 26.8 Å². The Labute approximate surface area is 122 Å². The van der Waals surface area contributed by atoms with Crippen molar-refractivity contribution in [3.63, 3.8) is 0 Å². The highest BCUT2D eigenvalue weighted by Gasteiger charge is 2.20. The number of rotatable bonds is 4. The van der Waals surface area contributed by atoms with Gasteiger partial charge in [-0.1, -0.05) is 0 Å². The summed E-state index contributed by atoms with van der Waals surface area (Å²) in [5, 5.41) is 11.6. The Bertz CT molecular complexity index is 547. The molecule has 0 bridgehead atoms. The molecule has 0 radical (unpaired) electrons. The number of hydrogen-bond acceptors (Lipinski definition) is 5. The Hall–Kier alpha value is -2.44. The van der Waals surface area contributed by atoms with Crippen molar-refractivity contribution in [3.05, 3.63) is 17.7 Å². The summed E-state index contributed by atoms with van der Waals surface area (Å²) in [6, 6.07) is 2.72. The van der Waals surface area contributed by atoms with Crippen molar-refractivity contribution < 1.29 is 28.9 Å². The zero-order chi connectivity index (χ0) is 16.2. The molecule has 7 nitrogen and oxygen atoms in total. The molecule has 0 fully saturated rings. The molecule has 0 saturated heterocycles. The predicted molar refractivity (Wildman–Crippen MR) is 76.4 cm³/mol. The zero-order valence-electron chi connectivity index (χ0n) is 12.6. The van der Waals surface area contributed by atoms with Gasteiger partial charge < -0.3 is 19.3 Å². The molecule has 0 spiro atoms. The SMILES string of the molecule is COc1cc(NC(=O)OC(C)(C)C)cc(C(=O)O)c1OC. The van der Waals surface area contributed by atoms with Gasteiger partial charge in [-0.2, -0.15) is 0 Å². The van der Waals surface area contributed by atoms with Gasteiger partial charge in [0.15, 0.2) is 11.5 Å². The van der Waals surface area contributed by atoms with Crippen LogP contribution >= 0.6 is 0 Å². The number of nitrogens with one attached hydrogen (secondary N) is 1. The van der Waals surface area contributed by atoms with Crippen LogP contribution in [0.15, 0.2) is 12.1 Å². The van der Waals surface area contributed by atoms with E-state index in [2.05, 4.69) is 5.32 Å². The van der Waals surface area contributed by atoms with Crippen LogP contribution in [0, 0.1) is 0 Å². The molecule has 116 valence electrons. The van der Waals surface area contributed by atoms with E-state index in [0.29, 0.717) is 0 Å². The normalized spacial score (nSPS) is 10.7. The molecular formula is C14H19NO6. The van der Waals surface area contributed by atoms with Gasteiger partial charge in [0.1, 0.15) is 11.2 Å². The van der Waals surface area contributed by atoms with Crippen LogP contribution in [0.2, 0.25) is 0 Å². The summed E-state index contributed by atoms with van der Waals surface area (Å²) in [5.41, 5.74) is -0.543. The van der Waals surface area contributed by atoms with Gasteiger partial charge in [-0.25, -0.2) is 9.59 Å². The molecule has 1 aromatic rings. The lowest BCUT2D eigenvalue weighted by molar-refractivity contribution is 0.0632. The molecule has 0 aliphatic carbocycles.